The van der Waals surface area contributed by atoms with E-state index in [0.29, 0.717) is 12.0 Å². The third-order valence-corrected chi connectivity index (χ3v) is 4.39. The summed E-state index contributed by atoms with van der Waals surface area (Å²) in [4.78, 5) is 2.37. The second kappa shape index (κ2) is 5.51. The van der Waals surface area contributed by atoms with E-state index in [1.807, 2.05) is 0 Å². The van der Waals surface area contributed by atoms with E-state index in [2.05, 4.69) is 42.5 Å². The highest BCUT2D eigenvalue weighted by atomic mass is 16.5. The number of hydrogen-bond acceptors (Lipinski definition) is 3. The van der Waals surface area contributed by atoms with Gasteiger partial charge < -0.3 is 15.0 Å². The largest absolute Gasteiger partial charge is 0.493 e. The average Bonchev–Trinajstić information content (AvgIpc) is 2.87. The molecular formula is C16H24N2O. The average molecular weight is 260 g/mol. The van der Waals surface area contributed by atoms with Crippen LogP contribution < -0.4 is 10.1 Å². The van der Waals surface area contributed by atoms with Crippen LogP contribution in [0, 0.1) is 5.92 Å². The normalized spacial score (nSPS) is 24.1. The van der Waals surface area contributed by atoms with E-state index in [1.165, 1.54) is 30.5 Å². The highest BCUT2D eigenvalue weighted by Crippen LogP contribution is 2.35. The van der Waals surface area contributed by atoms with Gasteiger partial charge in [-0.3, -0.25) is 0 Å². The molecule has 0 radical (unpaired) electrons. The van der Waals surface area contributed by atoms with Gasteiger partial charge in [-0.25, -0.2) is 0 Å². The Morgan fingerprint density at radius 1 is 1.37 bits per heavy atom. The number of piperidine rings is 1. The maximum absolute atomic E-state index is 5.61. The Hall–Kier alpha value is -1.06. The van der Waals surface area contributed by atoms with Gasteiger partial charge in [0.15, 0.2) is 0 Å². The molecule has 2 aliphatic heterocycles. The summed E-state index contributed by atoms with van der Waals surface area (Å²) in [6.07, 6.45) is 3.68. The zero-order valence-electron chi connectivity index (χ0n) is 12.0. The highest BCUT2D eigenvalue weighted by molar-refractivity contribution is 5.41. The van der Waals surface area contributed by atoms with Gasteiger partial charge >= 0.3 is 0 Å². The third kappa shape index (κ3) is 2.63. The lowest BCUT2D eigenvalue weighted by Crippen LogP contribution is -2.38. The van der Waals surface area contributed by atoms with E-state index >= 15 is 0 Å². The summed E-state index contributed by atoms with van der Waals surface area (Å²) in [5.74, 6) is 1.80. The van der Waals surface area contributed by atoms with E-state index in [4.69, 9.17) is 4.74 Å². The van der Waals surface area contributed by atoms with Crippen LogP contribution in [-0.4, -0.2) is 38.7 Å². The SMILES string of the molecule is CN(C)C(c1ccc2c(c1)CCO2)C1CCCNC1. The van der Waals surface area contributed by atoms with Crippen LogP contribution in [0.1, 0.15) is 30.0 Å². The van der Waals surface area contributed by atoms with Gasteiger partial charge in [0.05, 0.1) is 6.61 Å². The molecule has 1 aromatic carbocycles. The summed E-state index contributed by atoms with van der Waals surface area (Å²) in [6, 6.07) is 7.29. The van der Waals surface area contributed by atoms with Gasteiger partial charge in [0.25, 0.3) is 0 Å². The lowest BCUT2D eigenvalue weighted by molar-refractivity contribution is 0.181. The van der Waals surface area contributed by atoms with Gasteiger partial charge in [0.1, 0.15) is 5.75 Å². The van der Waals surface area contributed by atoms with Crippen molar-refractivity contribution < 1.29 is 4.74 Å². The first kappa shape index (κ1) is 12.9. The van der Waals surface area contributed by atoms with Crippen LogP contribution in [-0.2, 0) is 6.42 Å². The molecule has 1 fully saturated rings. The Morgan fingerprint density at radius 3 is 3.00 bits per heavy atom. The summed E-state index contributed by atoms with van der Waals surface area (Å²) in [5, 5.41) is 3.54. The minimum absolute atomic E-state index is 0.513. The smallest absolute Gasteiger partial charge is 0.122 e. The van der Waals surface area contributed by atoms with Crippen LogP contribution in [0.15, 0.2) is 18.2 Å². The molecular weight excluding hydrogens is 236 g/mol. The van der Waals surface area contributed by atoms with Crippen LogP contribution in [0.2, 0.25) is 0 Å². The molecule has 0 bridgehead atoms. The molecule has 1 saturated heterocycles. The first-order valence-corrected chi connectivity index (χ1v) is 7.38. The first-order chi connectivity index (χ1) is 9.25. The van der Waals surface area contributed by atoms with Gasteiger partial charge in [0.2, 0.25) is 0 Å². The van der Waals surface area contributed by atoms with Crippen LogP contribution in [0.4, 0.5) is 0 Å². The highest BCUT2D eigenvalue weighted by Gasteiger charge is 2.27. The van der Waals surface area contributed by atoms with Crippen molar-refractivity contribution in [2.45, 2.75) is 25.3 Å². The monoisotopic (exact) mass is 260 g/mol. The Balaban J connectivity index is 1.87. The summed E-state index contributed by atoms with van der Waals surface area (Å²) >= 11 is 0. The van der Waals surface area contributed by atoms with Crippen LogP contribution >= 0.6 is 0 Å². The van der Waals surface area contributed by atoms with Crippen molar-refractivity contribution >= 4 is 0 Å². The standard InChI is InChI=1S/C16H24N2O/c1-18(2)16(14-4-3-8-17-11-14)13-5-6-15-12(10-13)7-9-19-15/h5-6,10,14,16-17H,3-4,7-9,11H2,1-2H3. The van der Waals surface area contributed by atoms with E-state index in [1.54, 1.807) is 0 Å². The molecule has 0 saturated carbocycles. The molecule has 1 N–H and O–H groups in total. The maximum Gasteiger partial charge on any atom is 0.122 e. The Bertz CT molecular complexity index is 438. The van der Waals surface area contributed by atoms with Crippen molar-refractivity contribution in [3.8, 4) is 5.75 Å². The molecule has 3 nitrogen and oxygen atoms in total. The zero-order chi connectivity index (χ0) is 13.2. The second-order valence-electron chi connectivity index (χ2n) is 5.98. The van der Waals surface area contributed by atoms with Gasteiger partial charge in [0, 0.05) is 12.5 Å². The van der Waals surface area contributed by atoms with Crippen LogP contribution in [0.3, 0.4) is 0 Å². The predicted octanol–water partition coefficient (Wildman–Crippen LogP) is 2.22. The lowest BCUT2D eigenvalue weighted by atomic mass is 9.86. The maximum atomic E-state index is 5.61. The number of fused-ring (bicyclic) bond motifs is 1. The molecule has 104 valence electrons. The van der Waals surface area contributed by atoms with Crippen molar-refractivity contribution in [3.05, 3.63) is 29.3 Å². The van der Waals surface area contributed by atoms with Gasteiger partial charge in [-0.05, 0) is 63.1 Å². The van der Waals surface area contributed by atoms with E-state index < -0.39 is 0 Å². The molecule has 3 rings (SSSR count). The molecule has 0 amide bonds. The Kier molecular flexibility index (Phi) is 3.76. The van der Waals surface area contributed by atoms with Crippen molar-refractivity contribution in [1.82, 2.24) is 10.2 Å². The van der Waals surface area contributed by atoms with Crippen molar-refractivity contribution in [2.24, 2.45) is 5.92 Å². The quantitative estimate of drug-likeness (QED) is 0.902. The lowest BCUT2D eigenvalue weighted by Gasteiger charge is -2.35. The molecule has 3 heteroatoms. The van der Waals surface area contributed by atoms with Gasteiger partial charge in [-0.15, -0.1) is 0 Å². The summed E-state index contributed by atoms with van der Waals surface area (Å²) in [6.45, 7) is 3.15. The fourth-order valence-electron chi connectivity index (χ4n) is 3.53. The second-order valence-corrected chi connectivity index (χ2v) is 5.98. The van der Waals surface area contributed by atoms with E-state index in [-0.39, 0.29) is 0 Å². The minimum atomic E-state index is 0.513. The van der Waals surface area contributed by atoms with E-state index in [9.17, 15) is 0 Å². The van der Waals surface area contributed by atoms with Crippen molar-refractivity contribution in [1.29, 1.82) is 0 Å². The number of nitrogens with zero attached hydrogens (tertiary/aromatic N) is 1. The number of benzene rings is 1. The predicted molar refractivity (Wildman–Crippen MR) is 77.7 cm³/mol. The van der Waals surface area contributed by atoms with Gasteiger partial charge in [-0.2, -0.15) is 0 Å². The molecule has 1 aromatic rings. The van der Waals surface area contributed by atoms with Crippen molar-refractivity contribution in [2.75, 3.05) is 33.8 Å². The number of nitrogens with one attached hydrogen (secondary N) is 1. The molecule has 0 spiro atoms. The molecule has 2 atom stereocenters. The summed E-state index contributed by atoms with van der Waals surface area (Å²) in [5.41, 5.74) is 2.83. The number of rotatable bonds is 3. The van der Waals surface area contributed by atoms with Crippen LogP contribution in [0.5, 0.6) is 5.75 Å². The fourth-order valence-corrected chi connectivity index (χ4v) is 3.53. The summed E-state index contributed by atoms with van der Waals surface area (Å²) < 4.78 is 5.61. The number of ether oxygens (including phenoxy) is 1. The van der Waals surface area contributed by atoms with E-state index in [0.717, 1.165) is 25.3 Å². The molecule has 2 heterocycles. The molecule has 2 unspecified atom stereocenters. The minimum Gasteiger partial charge on any atom is -0.493 e. The first-order valence-electron chi connectivity index (χ1n) is 7.38. The topological polar surface area (TPSA) is 24.5 Å². The Labute approximate surface area is 115 Å². The molecule has 2 aliphatic rings. The van der Waals surface area contributed by atoms with Gasteiger partial charge in [-0.1, -0.05) is 12.1 Å². The Morgan fingerprint density at radius 2 is 2.26 bits per heavy atom. The number of hydrogen-bond donors (Lipinski definition) is 1. The fraction of sp³-hybridized carbons (Fsp3) is 0.625. The zero-order valence-corrected chi connectivity index (χ0v) is 12.0. The summed E-state index contributed by atoms with van der Waals surface area (Å²) in [7, 11) is 4.39. The van der Waals surface area contributed by atoms with Crippen molar-refractivity contribution in [3.63, 3.8) is 0 Å². The molecule has 0 aromatic heterocycles. The molecule has 19 heavy (non-hydrogen) atoms. The molecule has 0 aliphatic carbocycles. The third-order valence-electron chi connectivity index (χ3n) is 4.39. The van der Waals surface area contributed by atoms with Crippen LogP contribution in [0.25, 0.3) is 0 Å².